The summed E-state index contributed by atoms with van der Waals surface area (Å²) in [6, 6.07) is 8.28. The van der Waals surface area contributed by atoms with Gasteiger partial charge >= 0.3 is 0 Å². The van der Waals surface area contributed by atoms with E-state index >= 15 is 0 Å². The van der Waals surface area contributed by atoms with Crippen molar-refractivity contribution in [1.29, 1.82) is 0 Å². The van der Waals surface area contributed by atoms with Gasteiger partial charge in [-0.2, -0.15) is 0 Å². The molecule has 2 N–H and O–H groups in total. The monoisotopic (exact) mass is 193 g/mol. The number of piperazine rings is 1. The molecule has 1 aliphatic rings. The molecule has 0 unspecified atom stereocenters. The van der Waals surface area contributed by atoms with Gasteiger partial charge in [0.2, 0.25) is 0 Å². The van der Waals surface area contributed by atoms with Crippen molar-refractivity contribution in [2.24, 2.45) is 0 Å². The Labute approximate surface area is 84.7 Å². The van der Waals surface area contributed by atoms with Crippen LogP contribution in [0.5, 0.6) is 5.75 Å². The normalized spacial score (nSPS) is 16.8. The summed E-state index contributed by atoms with van der Waals surface area (Å²) in [7, 11) is 1.71. The number of anilines is 1. The molecule has 0 amide bonds. The highest BCUT2D eigenvalue weighted by atomic mass is 16.5. The van der Waals surface area contributed by atoms with Crippen LogP contribution in [0.2, 0.25) is 0 Å². The summed E-state index contributed by atoms with van der Waals surface area (Å²) in [5, 5.41) is 2.36. The van der Waals surface area contributed by atoms with Crippen LogP contribution >= 0.6 is 0 Å². The Hall–Kier alpha value is -1.22. The third-order valence-corrected chi connectivity index (χ3v) is 2.62. The van der Waals surface area contributed by atoms with Crippen LogP contribution in [0.4, 0.5) is 5.69 Å². The lowest BCUT2D eigenvalue weighted by Gasteiger charge is -2.27. The summed E-state index contributed by atoms with van der Waals surface area (Å²) in [5.74, 6) is 0.942. The number of ether oxygens (including phenoxy) is 1. The first-order valence-electron chi connectivity index (χ1n) is 5.11. The fourth-order valence-electron chi connectivity index (χ4n) is 1.82. The van der Waals surface area contributed by atoms with Crippen molar-refractivity contribution in [3.05, 3.63) is 24.3 Å². The van der Waals surface area contributed by atoms with Crippen molar-refractivity contribution in [1.82, 2.24) is 0 Å². The number of benzene rings is 1. The maximum atomic E-state index is 5.21. The molecule has 76 valence electrons. The number of methoxy groups -OCH3 is 1. The summed E-state index contributed by atoms with van der Waals surface area (Å²) in [6.07, 6.45) is 0. The van der Waals surface area contributed by atoms with Crippen LogP contribution in [0.15, 0.2) is 24.3 Å². The lowest BCUT2D eigenvalue weighted by atomic mass is 10.2. The highest BCUT2D eigenvalue weighted by molar-refractivity contribution is 5.50. The molecule has 0 saturated carbocycles. The van der Waals surface area contributed by atoms with Gasteiger partial charge in [0.1, 0.15) is 5.75 Å². The predicted octanol–water partition coefficient (Wildman–Crippen LogP) is 0.0786. The number of hydrogen-bond donors (Lipinski definition) is 1. The largest absolute Gasteiger partial charge is 0.497 e. The molecule has 3 nitrogen and oxygen atoms in total. The Morgan fingerprint density at radius 3 is 2.79 bits per heavy atom. The fourth-order valence-corrected chi connectivity index (χ4v) is 1.82. The molecule has 14 heavy (non-hydrogen) atoms. The van der Waals surface area contributed by atoms with Crippen molar-refractivity contribution >= 4 is 5.69 Å². The molecular formula is C11H17N2O+. The van der Waals surface area contributed by atoms with E-state index in [0.717, 1.165) is 18.8 Å². The van der Waals surface area contributed by atoms with E-state index in [4.69, 9.17) is 4.74 Å². The van der Waals surface area contributed by atoms with Gasteiger partial charge in [0.05, 0.1) is 33.3 Å². The quantitative estimate of drug-likeness (QED) is 0.720. The molecule has 2 rings (SSSR count). The molecule has 0 aromatic heterocycles. The minimum atomic E-state index is 0.942. The summed E-state index contributed by atoms with van der Waals surface area (Å²) in [5.41, 5.74) is 1.28. The molecule has 0 radical (unpaired) electrons. The van der Waals surface area contributed by atoms with E-state index in [1.165, 1.54) is 18.8 Å². The fraction of sp³-hybridized carbons (Fsp3) is 0.455. The molecule has 0 bridgehead atoms. The first-order chi connectivity index (χ1) is 6.90. The van der Waals surface area contributed by atoms with Crippen LogP contribution in [0.25, 0.3) is 0 Å². The maximum absolute atomic E-state index is 5.21. The lowest BCUT2D eigenvalue weighted by Crippen LogP contribution is -2.89. The first-order valence-corrected chi connectivity index (χ1v) is 5.11. The molecule has 1 aromatic rings. The highest BCUT2D eigenvalue weighted by Gasteiger charge is 2.12. The Morgan fingerprint density at radius 2 is 2.07 bits per heavy atom. The molecule has 1 aromatic carbocycles. The van der Waals surface area contributed by atoms with Crippen LogP contribution < -0.4 is 15.0 Å². The Kier molecular flexibility index (Phi) is 2.89. The van der Waals surface area contributed by atoms with Crippen LogP contribution in [-0.2, 0) is 0 Å². The van der Waals surface area contributed by atoms with Gasteiger partial charge in [-0.25, -0.2) is 0 Å². The molecule has 3 heteroatoms. The van der Waals surface area contributed by atoms with E-state index in [1.54, 1.807) is 7.11 Å². The van der Waals surface area contributed by atoms with Crippen LogP contribution in [0.1, 0.15) is 0 Å². The molecule has 0 atom stereocenters. The van der Waals surface area contributed by atoms with Gasteiger partial charge in [-0.05, 0) is 12.1 Å². The van der Waals surface area contributed by atoms with Crippen LogP contribution in [-0.4, -0.2) is 33.3 Å². The zero-order valence-corrected chi connectivity index (χ0v) is 8.57. The average Bonchev–Trinajstić information content (AvgIpc) is 2.30. The Balaban J connectivity index is 2.13. The minimum absolute atomic E-state index is 0.942. The molecule has 1 aliphatic heterocycles. The first kappa shape index (κ1) is 9.34. The Bertz CT molecular complexity index is 295. The smallest absolute Gasteiger partial charge is 0.120 e. The summed E-state index contributed by atoms with van der Waals surface area (Å²) in [6.45, 7) is 4.65. The zero-order valence-electron chi connectivity index (χ0n) is 8.57. The van der Waals surface area contributed by atoms with E-state index in [9.17, 15) is 0 Å². The van der Waals surface area contributed by atoms with Gasteiger partial charge < -0.3 is 15.0 Å². The van der Waals surface area contributed by atoms with Crippen molar-refractivity contribution in [2.75, 3.05) is 38.2 Å². The molecule has 1 saturated heterocycles. The molecule has 0 aliphatic carbocycles. The topological polar surface area (TPSA) is 29.1 Å². The molecule has 1 heterocycles. The second kappa shape index (κ2) is 4.33. The molecule has 1 fully saturated rings. The van der Waals surface area contributed by atoms with Crippen LogP contribution in [0, 0.1) is 0 Å². The van der Waals surface area contributed by atoms with Gasteiger partial charge in [0, 0.05) is 11.8 Å². The van der Waals surface area contributed by atoms with E-state index in [1.807, 2.05) is 12.1 Å². The Morgan fingerprint density at radius 1 is 1.29 bits per heavy atom. The van der Waals surface area contributed by atoms with Gasteiger partial charge in [-0.3, -0.25) is 0 Å². The van der Waals surface area contributed by atoms with Crippen LogP contribution in [0.3, 0.4) is 0 Å². The van der Waals surface area contributed by atoms with E-state index in [0.29, 0.717) is 0 Å². The second-order valence-corrected chi connectivity index (χ2v) is 3.55. The number of nitrogens with zero attached hydrogens (tertiary/aromatic N) is 1. The summed E-state index contributed by atoms with van der Waals surface area (Å²) < 4.78 is 5.21. The van der Waals surface area contributed by atoms with E-state index in [2.05, 4.69) is 22.3 Å². The lowest BCUT2D eigenvalue weighted by molar-refractivity contribution is -0.655. The number of quaternary nitrogens is 1. The highest BCUT2D eigenvalue weighted by Crippen LogP contribution is 2.20. The third kappa shape index (κ3) is 1.99. The van der Waals surface area contributed by atoms with Crippen molar-refractivity contribution < 1.29 is 10.1 Å². The van der Waals surface area contributed by atoms with E-state index < -0.39 is 0 Å². The number of hydrogen-bond acceptors (Lipinski definition) is 2. The SMILES string of the molecule is COc1cccc(N2CC[NH2+]CC2)c1. The molecule has 0 spiro atoms. The summed E-state index contributed by atoms with van der Waals surface area (Å²) in [4.78, 5) is 2.41. The van der Waals surface area contributed by atoms with Gasteiger partial charge in [-0.15, -0.1) is 0 Å². The van der Waals surface area contributed by atoms with Crippen molar-refractivity contribution in [3.8, 4) is 5.75 Å². The maximum Gasteiger partial charge on any atom is 0.120 e. The summed E-state index contributed by atoms with van der Waals surface area (Å²) >= 11 is 0. The average molecular weight is 193 g/mol. The third-order valence-electron chi connectivity index (χ3n) is 2.62. The zero-order chi connectivity index (χ0) is 9.80. The van der Waals surface area contributed by atoms with Crippen molar-refractivity contribution in [2.45, 2.75) is 0 Å². The van der Waals surface area contributed by atoms with Crippen molar-refractivity contribution in [3.63, 3.8) is 0 Å². The molecular weight excluding hydrogens is 176 g/mol. The second-order valence-electron chi connectivity index (χ2n) is 3.55. The minimum Gasteiger partial charge on any atom is -0.497 e. The van der Waals surface area contributed by atoms with Gasteiger partial charge in [0.15, 0.2) is 0 Å². The number of rotatable bonds is 2. The standard InChI is InChI=1S/C11H16N2O/c1-14-11-4-2-3-10(9-11)13-7-5-12-6-8-13/h2-4,9,12H,5-8H2,1H3/p+1. The van der Waals surface area contributed by atoms with E-state index in [-0.39, 0.29) is 0 Å². The predicted molar refractivity (Wildman–Crippen MR) is 56.9 cm³/mol. The number of nitrogens with two attached hydrogens (primary N) is 1. The van der Waals surface area contributed by atoms with Gasteiger partial charge in [-0.1, -0.05) is 6.07 Å². The van der Waals surface area contributed by atoms with Gasteiger partial charge in [0.25, 0.3) is 0 Å².